The summed E-state index contributed by atoms with van der Waals surface area (Å²) in [4.78, 5) is 12.9. The lowest BCUT2D eigenvalue weighted by Crippen LogP contribution is -2.40. The quantitative estimate of drug-likeness (QED) is 0.294. The van der Waals surface area contributed by atoms with E-state index >= 15 is 0 Å². The fourth-order valence-corrected chi connectivity index (χ4v) is 3.98. The topological polar surface area (TPSA) is 121 Å². The van der Waals surface area contributed by atoms with E-state index in [2.05, 4.69) is 10.5 Å². The van der Waals surface area contributed by atoms with Crippen molar-refractivity contribution in [3.63, 3.8) is 0 Å². The zero-order valence-corrected chi connectivity index (χ0v) is 20.0. The molecule has 0 aliphatic heterocycles. The number of amides is 1. The van der Waals surface area contributed by atoms with Crippen molar-refractivity contribution < 1.29 is 22.7 Å². The molecule has 0 heterocycles. The van der Waals surface area contributed by atoms with Crippen LogP contribution in [0.5, 0.6) is 5.75 Å². The van der Waals surface area contributed by atoms with E-state index in [0.717, 1.165) is 5.56 Å². The van der Waals surface area contributed by atoms with Crippen molar-refractivity contribution in [2.75, 3.05) is 12.5 Å². The van der Waals surface area contributed by atoms with Crippen molar-refractivity contribution in [2.45, 2.75) is 20.1 Å². The molecule has 0 radical (unpaired) electrons. The number of sulfonamides is 1. The molecule has 0 atom stereocenters. The minimum Gasteiger partial charge on any atom is -0.497 e. The van der Waals surface area contributed by atoms with Gasteiger partial charge in [-0.05, 0) is 42.3 Å². The van der Waals surface area contributed by atoms with E-state index in [-0.39, 0.29) is 13.2 Å². The van der Waals surface area contributed by atoms with E-state index in [1.54, 1.807) is 78.9 Å². The fraction of sp³-hybridized carbons (Fsp3) is 0.160. The lowest BCUT2D eigenvalue weighted by Gasteiger charge is -2.21. The molecule has 0 saturated heterocycles. The minimum atomic E-state index is -4.66. The molecule has 0 aliphatic carbocycles. The van der Waals surface area contributed by atoms with Crippen LogP contribution in [0.2, 0.25) is 0 Å². The molecule has 1 amide bonds. The Morgan fingerprint density at radius 3 is 2.26 bits per heavy atom. The molecule has 0 bridgehead atoms. The molecule has 35 heavy (non-hydrogen) atoms. The van der Waals surface area contributed by atoms with Crippen molar-refractivity contribution in [2.24, 2.45) is 5.10 Å². The second-order valence-corrected chi connectivity index (χ2v) is 9.18. The third-order valence-electron chi connectivity index (χ3n) is 4.86. The third-order valence-corrected chi connectivity index (χ3v) is 6.39. The van der Waals surface area contributed by atoms with Gasteiger partial charge in [0.1, 0.15) is 18.4 Å². The number of anilines is 1. The number of hydrogen-bond donors (Lipinski definition) is 1. The van der Waals surface area contributed by atoms with Gasteiger partial charge < -0.3 is 9.47 Å². The molecule has 0 unspecified atom stereocenters. The number of aryl methyl sites for hydroxylation is 1. The molecular weight excluding hydrogens is 468 g/mol. The van der Waals surface area contributed by atoms with Gasteiger partial charge in [-0.3, -0.25) is 5.43 Å². The lowest BCUT2D eigenvalue weighted by atomic mass is 10.2. The number of nitrogens with one attached hydrogen (secondary N) is 1. The Hall–Kier alpha value is -4.36. The number of hydrazone groups is 1. The second-order valence-electron chi connectivity index (χ2n) is 7.41. The van der Waals surface area contributed by atoms with Crippen molar-refractivity contribution in [1.82, 2.24) is 4.31 Å². The number of ether oxygens (including phenoxy) is 2. The Morgan fingerprint density at radius 2 is 1.66 bits per heavy atom. The summed E-state index contributed by atoms with van der Waals surface area (Å²) in [5.41, 5.74) is 5.19. The summed E-state index contributed by atoms with van der Waals surface area (Å²) in [6.07, 6.45) is -1.14. The van der Waals surface area contributed by atoms with Crippen molar-refractivity contribution in [3.05, 3.63) is 95.6 Å². The predicted molar refractivity (Wildman–Crippen MR) is 132 cm³/mol. The fourth-order valence-electron chi connectivity index (χ4n) is 2.92. The van der Waals surface area contributed by atoms with Crippen LogP contribution in [0.15, 0.2) is 84.0 Å². The van der Waals surface area contributed by atoms with Gasteiger partial charge in [-0.2, -0.15) is 18.0 Å². The molecule has 3 rings (SSSR count). The van der Waals surface area contributed by atoms with Crippen molar-refractivity contribution >= 4 is 26.8 Å². The second kappa shape index (κ2) is 11.7. The van der Waals surface area contributed by atoms with Crippen LogP contribution >= 0.6 is 0 Å². The molecule has 3 aromatic carbocycles. The Labute approximate surface area is 204 Å². The minimum absolute atomic E-state index is 0.144. The van der Waals surface area contributed by atoms with Crippen LogP contribution < -0.4 is 10.2 Å². The highest BCUT2D eigenvalue weighted by Gasteiger charge is 2.34. The van der Waals surface area contributed by atoms with Crippen LogP contribution in [-0.2, 0) is 27.9 Å². The molecule has 9 nitrogen and oxygen atoms in total. The summed E-state index contributed by atoms with van der Waals surface area (Å²) >= 11 is 0. The van der Waals surface area contributed by atoms with E-state index in [1.807, 2.05) is 13.0 Å². The van der Waals surface area contributed by atoms with E-state index in [1.165, 1.54) is 7.11 Å². The summed E-state index contributed by atoms with van der Waals surface area (Å²) < 4.78 is 37.5. The lowest BCUT2D eigenvalue weighted by molar-refractivity contribution is 0.118. The van der Waals surface area contributed by atoms with Crippen LogP contribution in [0, 0.1) is 18.3 Å². The van der Waals surface area contributed by atoms with Crippen LogP contribution in [0.1, 0.15) is 16.7 Å². The molecule has 0 saturated carbocycles. The van der Waals surface area contributed by atoms with E-state index in [0.29, 0.717) is 26.9 Å². The number of nitriles is 1. The summed E-state index contributed by atoms with van der Waals surface area (Å²) in [5, 5.41) is 12.4. The number of rotatable bonds is 7. The van der Waals surface area contributed by atoms with Gasteiger partial charge in [0.15, 0.2) is 0 Å². The first-order chi connectivity index (χ1) is 16.8. The highest BCUT2D eigenvalue weighted by Crippen LogP contribution is 2.18. The molecule has 1 N–H and O–H groups in total. The summed E-state index contributed by atoms with van der Waals surface area (Å²) in [6, 6.07) is 23.9. The maximum absolute atomic E-state index is 13.3. The number of benzene rings is 3. The van der Waals surface area contributed by atoms with Crippen LogP contribution in [0.4, 0.5) is 10.5 Å². The average molecular weight is 493 g/mol. The van der Waals surface area contributed by atoms with Gasteiger partial charge in [-0.15, -0.1) is 5.10 Å². The Balaban J connectivity index is 1.88. The number of carbonyl (C=O) groups excluding carboxylic acids is 1. The summed E-state index contributed by atoms with van der Waals surface area (Å²) in [5.74, 6) is 0.566. The predicted octanol–water partition coefficient (Wildman–Crippen LogP) is 4.42. The van der Waals surface area contributed by atoms with Gasteiger partial charge in [0, 0.05) is 0 Å². The van der Waals surface area contributed by atoms with Crippen molar-refractivity contribution in [1.29, 1.82) is 5.26 Å². The molecule has 0 spiro atoms. The maximum Gasteiger partial charge on any atom is 0.424 e. The monoisotopic (exact) mass is 492 g/mol. The van der Waals surface area contributed by atoms with Crippen LogP contribution in [0.3, 0.4) is 0 Å². The van der Waals surface area contributed by atoms with Gasteiger partial charge in [0.2, 0.25) is 0 Å². The standard InChI is InChI=1S/C25H24N4O5S/c1-19-8-12-22(13-9-19)27-28-24(16-26)35(31,32)29(17-20-10-14-23(33-2)15-11-20)25(30)34-18-21-6-4-3-5-7-21/h3-15,27H,17-18H2,1-2H3. The third kappa shape index (κ3) is 6.82. The summed E-state index contributed by atoms with van der Waals surface area (Å²) in [6.45, 7) is 1.39. The highest BCUT2D eigenvalue weighted by molar-refractivity contribution is 8.05. The van der Waals surface area contributed by atoms with E-state index < -0.39 is 21.2 Å². The van der Waals surface area contributed by atoms with Gasteiger partial charge in [0.25, 0.3) is 15.1 Å². The highest BCUT2D eigenvalue weighted by atomic mass is 32.2. The Morgan fingerprint density at radius 1 is 1.00 bits per heavy atom. The largest absolute Gasteiger partial charge is 0.497 e. The van der Waals surface area contributed by atoms with Crippen LogP contribution in [-0.4, -0.2) is 31.0 Å². The number of nitrogens with zero attached hydrogens (tertiary/aromatic N) is 3. The van der Waals surface area contributed by atoms with E-state index in [9.17, 15) is 18.5 Å². The van der Waals surface area contributed by atoms with Gasteiger partial charge in [-0.1, -0.05) is 60.2 Å². The molecule has 180 valence electrons. The number of carbonyl (C=O) groups is 1. The zero-order chi connectivity index (χ0) is 25.3. The molecule has 0 fully saturated rings. The molecular formula is C25H24N4O5S. The van der Waals surface area contributed by atoms with Gasteiger partial charge >= 0.3 is 6.09 Å². The Bertz CT molecular complexity index is 1320. The maximum atomic E-state index is 13.3. The van der Waals surface area contributed by atoms with Gasteiger partial charge in [-0.25, -0.2) is 4.79 Å². The molecule has 10 heteroatoms. The SMILES string of the molecule is COc1ccc(CN(C(=O)OCc2ccccc2)S(=O)(=O)C(C#N)=NNc2ccc(C)cc2)cc1. The molecule has 3 aromatic rings. The van der Waals surface area contributed by atoms with Crippen molar-refractivity contribution in [3.8, 4) is 11.8 Å². The zero-order valence-electron chi connectivity index (χ0n) is 19.2. The first kappa shape index (κ1) is 25.3. The van der Waals surface area contributed by atoms with Crippen LogP contribution in [0.25, 0.3) is 0 Å². The first-order valence-corrected chi connectivity index (χ1v) is 11.9. The molecule has 0 aromatic heterocycles. The smallest absolute Gasteiger partial charge is 0.424 e. The summed E-state index contributed by atoms with van der Waals surface area (Å²) in [7, 11) is -3.15. The Kier molecular flexibility index (Phi) is 8.43. The first-order valence-electron chi connectivity index (χ1n) is 10.5. The van der Waals surface area contributed by atoms with Gasteiger partial charge in [0.05, 0.1) is 19.3 Å². The number of hydrogen-bond acceptors (Lipinski definition) is 8. The number of methoxy groups -OCH3 is 1. The van der Waals surface area contributed by atoms with E-state index in [4.69, 9.17) is 9.47 Å². The molecule has 0 aliphatic rings. The normalized spacial score (nSPS) is 11.3. The average Bonchev–Trinajstić information content (AvgIpc) is 2.88.